The molecule has 0 saturated heterocycles. The minimum Gasteiger partial charge on any atom is -0.480 e. The number of ether oxygens (including phenoxy) is 1. The van der Waals surface area contributed by atoms with Gasteiger partial charge in [0.05, 0.1) is 22.8 Å². The molecule has 25 heavy (non-hydrogen) atoms. The Kier molecular flexibility index (Phi) is 10.3. The van der Waals surface area contributed by atoms with Crippen LogP contribution in [0.1, 0.15) is 58.2 Å². The fourth-order valence-electron chi connectivity index (χ4n) is 1.69. The zero-order chi connectivity index (χ0) is 19.6. The monoisotopic (exact) mass is 373 g/mol. The van der Waals surface area contributed by atoms with Crippen LogP contribution in [-0.2, 0) is 16.1 Å². The molecular weight excluding hydrogens is 342 g/mol. The molecule has 0 unspecified atom stereocenters. The highest BCUT2D eigenvalue weighted by Gasteiger charge is 2.12. The lowest BCUT2D eigenvalue weighted by atomic mass is 10.2. The number of hydrogen-bond donors (Lipinski definition) is 2. The predicted octanol–water partition coefficient (Wildman–Crippen LogP) is 3.31. The number of rotatable bonds is 6. The van der Waals surface area contributed by atoms with Crippen LogP contribution in [0.25, 0.3) is 0 Å². The predicted molar refractivity (Wildman–Crippen MR) is 100 cm³/mol. The maximum Gasteiger partial charge on any atom is 0.323 e. The van der Waals surface area contributed by atoms with Gasteiger partial charge in [0, 0.05) is 25.0 Å². The van der Waals surface area contributed by atoms with Crippen LogP contribution in [0.15, 0.2) is 5.38 Å². The van der Waals surface area contributed by atoms with Crippen LogP contribution in [0.3, 0.4) is 0 Å². The van der Waals surface area contributed by atoms with Gasteiger partial charge in [0.25, 0.3) is 0 Å². The largest absolute Gasteiger partial charge is 0.480 e. The van der Waals surface area contributed by atoms with Crippen LogP contribution in [0.2, 0.25) is 0 Å². The Hall–Kier alpha value is -1.67. The Labute approximate surface area is 154 Å². The number of aliphatic carboxylic acids is 1. The van der Waals surface area contributed by atoms with Crippen molar-refractivity contribution in [3.63, 3.8) is 0 Å². The highest BCUT2D eigenvalue weighted by atomic mass is 32.1. The van der Waals surface area contributed by atoms with E-state index >= 15 is 0 Å². The van der Waals surface area contributed by atoms with Crippen molar-refractivity contribution in [3.8, 4) is 0 Å². The Morgan fingerprint density at radius 1 is 1.40 bits per heavy atom. The number of urea groups is 1. The van der Waals surface area contributed by atoms with E-state index < -0.39 is 12.0 Å². The van der Waals surface area contributed by atoms with Gasteiger partial charge in [-0.15, -0.1) is 11.3 Å². The van der Waals surface area contributed by atoms with Crippen LogP contribution < -0.4 is 5.32 Å². The maximum absolute atomic E-state index is 11.5. The van der Waals surface area contributed by atoms with Crippen LogP contribution in [0.4, 0.5) is 4.79 Å². The first kappa shape index (κ1) is 23.3. The number of carboxylic acid groups (broad SMARTS) is 1. The highest BCUT2D eigenvalue weighted by Crippen LogP contribution is 2.19. The van der Waals surface area contributed by atoms with Gasteiger partial charge >= 0.3 is 12.0 Å². The smallest absolute Gasteiger partial charge is 0.323 e. The zero-order valence-corrected chi connectivity index (χ0v) is 17.1. The normalized spacial score (nSPS) is 10.9. The van der Waals surface area contributed by atoms with Crippen molar-refractivity contribution < 1.29 is 19.4 Å². The third kappa shape index (κ3) is 11.5. The molecule has 144 valence electrons. The van der Waals surface area contributed by atoms with Crippen molar-refractivity contribution in [1.29, 1.82) is 0 Å². The minimum atomic E-state index is -1.06. The summed E-state index contributed by atoms with van der Waals surface area (Å²) in [6, 6.07) is -0.420. The van der Waals surface area contributed by atoms with Crippen LogP contribution in [0.5, 0.6) is 0 Å². The molecule has 0 spiro atoms. The Balaban J connectivity index is 0.000000697. The molecule has 0 atom stereocenters. The molecule has 0 aliphatic rings. The Morgan fingerprint density at radius 2 is 2.00 bits per heavy atom. The number of aromatic nitrogens is 1. The van der Waals surface area contributed by atoms with Crippen LogP contribution in [0, 0.1) is 0 Å². The van der Waals surface area contributed by atoms with Crippen molar-refractivity contribution >= 4 is 23.3 Å². The van der Waals surface area contributed by atoms with Crippen LogP contribution in [-0.4, -0.2) is 52.8 Å². The molecule has 0 saturated carbocycles. The van der Waals surface area contributed by atoms with Gasteiger partial charge in [0.15, 0.2) is 0 Å². The summed E-state index contributed by atoms with van der Waals surface area (Å²) in [7, 11) is 1.60. The second-order valence-corrected chi connectivity index (χ2v) is 7.68. The molecule has 1 rings (SSSR count). The lowest BCUT2D eigenvalue weighted by molar-refractivity contribution is -0.135. The summed E-state index contributed by atoms with van der Waals surface area (Å²) in [4.78, 5) is 27.7. The molecular formula is C17H31N3O4S. The second kappa shape index (κ2) is 11.0. The summed E-state index contributed by atoms with van der Waals surface area (Å²) >= 11 is 1.57. The second-order valence-electron chi connectivity index (χ2n) is 6.79. The van der Waals surface area contributed by atoms with Crippen molar-refractivity contribution in [3.05, 3.63) is 16.1 Å². The summed E-state index contributed by atoms with van der Waals surface area (Å²) in [6.07, 6.45) is 0. The van der Waals surface area contributed by atoms with Crippen molar-refractivity contribution in [1.82, 2.24) is 15.2 Å². The van der Waals surface area contributed by atoms with E-state index in [1.807, 2.05) is 12.3 Å². The van der Waals surface area contributed by atoms with Crippen molar-refractivity contribution in [2.24, 2.45) is 0 Å². The highest BCUT2D eigenvalue weighted by molar-refractivity contribution is 7.09. The van der Waals surface area contributed by atoms with Gasteiger partial charge in [-0.3, -0.25) is 4.79 Å². The molecule has 0 aliphatic heterocycles. The van der Waals surface area contributed by atoms with Crippen LogP contribution >= 0.6 is 11.3 Å². The number of hydrogen-bond acceptors (Lipinski definition) is 5. The summed E-state index contributed by atoms with van der Waals surface area (Å²) in [5.41, 5.74) is 0.867. The van der Waals surface area contributed by atoms with Gasteiger partial charge in [0.1, 0.15) is 6.54 Å². The Morgan fingerprint density at radius 3 is 2.36 bits per heavy atom. The molecule has 8 heteroatoms. The first-order valence-corrected chi connectivity index (χ1v) is 9.13. The van der Waals surface area contributed by atoms with Crippen molar-refractivity contribution in [2.45, 2.75) is 59.6 Å². The number of carbonyl (C=O) groups excluding carboxylic acids is 1. The first-order valence-electron chi connectivity index (χ1n) is 8.25. The topological polar surface area (TPSA) is 91.8 Å². The SMILES string of the molecule is CC(C)c1nc(CN(C)C(=O)NCC(=O)O)cs1.CCOC(C)(C)C. The van der Waals surface area contributed by atoms with E-state index in [0.29, 0.717) is 12.5 Å². The van der Waals surface area contributed by atoms with E-state index in [1.165, 1.54) is 4.90 Å². The quantitative estimate of drug-likeness (QED) is 0.798. The Bertz CT molecular complexity index is 538. The van der Waals surface area contributed by atoms with E-state index in [-0.39, 0.29) is 12.1 Å². The lowest BCUT2D eigenvalue weighted by Gasteiger charge is -2.17. The first-order chi connectivity index (χ1) is 11.5. The standard InChI is InChI=1S/C11H17N3O3S.C6H14O/c1-7(2)10-13-8(6-18-10)5-14(3)11(17)12-4-9(15)16;1-5-7-6(2,3)4/h6-7H,4-5H2,1-3H3,(H,12,17)(H,15,16);5H2,1-4H3. The molecule has 2 N–H and O–H groups in total. The van der Waals surface area contributed by atoms with E-state index in [1.54, 1.807) is 18.4 Å². The third-order valence-corrected chi connectivity index (χ3v) is 3.97. The van der Waals surface area contributed by atoms with Gasteiger partial charge in [-0.2, -0.15) is 0 Å². The lowest BCUT2D eigenvalue weighted by Crippen LogP contribution is -2.39. The molecule has 1 aromatic heterocycles. The molecule has 0 aromatic carbocycles. The molecule has 7 nitrogen and oxygen atoms in total. The molecule has 0 aliphatic carbocycles. The number of nitrogens with zero attached hydrogens (tertiary/aromatic N) is 2. The third-order valence-electron chi connectivity index (χ3n) is 2.78. The van der Waals surface area contributed by atoms with Gasteiger partial charge in [-0.05, 0) is 27.7 Å². The fourth-order valence-corrected chi connectivity index (χ4v) is 2.52. The molecule has 0 fully saturated rings. The molecule has 0 bridgehead atoms. The van der Waals surface area contributed by atoms with Gasteiger partial charge in [-0.1, -0.05) is 13.8 Å². The number of thiazole rings is 1. The number of carboxylic acids is 1. The molecule has 1 aromatic rings. The average molecular weight is 374 g/mol. The maximum atomic E-state index is 11.5. The van der Waals surface area contributed by atoms with E-state index in [9.17, 15) is 9.59 Å². The number of amides is 2. The summed E-state index contributed by atoms with van der Waals surface area (Å²) < 4.78 is 5.23. The molecule has 2 amide bonds. The van der Waals surface area contributed by atoms with E-state index in [4.69, 9.17) is 9.84 Å². The molecule has 1 heterocycles. The number of carbonyl (C=O) groups is 2. The van der Waals surface area contributed by atoms with Crippen molar-refractivity contribution in [2.75, 3.05) is 20.2 Å². The summed E-state index contributed by atoms with van der Waals surface area (Å²) in [5, 5.41) is 13.7. The molecule has 0 radical (unpaired) electrons. The van der Waals surface area contributed by atoms with E-state index in [0.717, 1.165) is 17.3 Å². The van der Waals surface area contributed by atoms with Gasteiger partial charge < -0.3 is 20.1 Å². The summed E-state index contributed by atoms with van der Waals surface area (Å²) in [5.74, 6) is -0.692. The average Bonchev–Trinajstić information content (AvgIpc) is 2.92. The van der Waals surface area contributed by atoms with Gasteiger partial charge in [0.2, 0.25) is 0 Å². The van der Waals surface area contributed by atoms with Gasteiger partial charge in [-0.25, -0.2) is 9.78 Å². The number of nitrogens with one attached hydrogen (secondary N) is 1. The minimum absolute atomic E-state index is 0.0503. The summed E-state index contributed by atoms with van der Waals surface area (Å²) in [6.45, 7) is 13.1. The fraction of sp³-hybridized carbons (Fsp3) is 0.706. The van der Waals surface area contributed by atoms with E-state index in [2.05, 4.69) is 44.9 Å². The zero-order valence-electron chi connectivity index (χ0n) is 16.3.